The molecule has 0 amide bonds. The number of aromatic nitrogens is 1. The van der Waals surface area contributed by atoms with E-state index >= 15 is 0 Å². The third-order valence-corrected chi connectivity index (χ3v) is 5.34. The molecule has 27 heavy (non-hydrogen) atoms. The van der Waals surface area contributed by atoms with Crippen LogP contribution >= 0.6 is 0 Å². The summed E-state index contributed by atoms with van der Waals surface area (Å²) in [6, 6.07) is 18.0. The Morgan fingerprint density at radius 2 is 1.89 bits per heavy atom. The first-order valence-electron chi connectivity index (χ1n) is 9.80. The largest absolute Gasteiger partial charge is 0.488 e. The summed E-state index contributed by atoms with van der Waals surface area (Å²) in [5.41, 5.74) is 3.73. The van der Waals surface area contributed by atoms with Crippen LogP contribution in [0.5, 0.6) is 5.75 Å². The molecule has 0 atom stereocenters. The van der Waals surface area contributed by atoms with Crippen LogP contribution in [0, 0.1) is 0 Å². The molecule has 0 bridgehead atoms. The number of nitrogens with one attached hydrogen (secondary N) is 1. The summed E-state index contributed by atoms with van der Waals surface area (Å²) >= 11 is 0. The average Bonchev–Trinajstić information content (AvgIpc) is 2.66. The summed E-state index contributed by atoms with van der Waals surface area (Å²) in [4.78, 5) is 16.6. The average molecular weight is 362 g/mol. The van der Waals surface area contributed by atoms with Gasteiger partial charge in [-0.1, -0.05) is 31.2 Å². The lowest BCUT2D eigenvalue weighted by Crippen LogP contribution is -2.53. The van der Waals surface area contributed by atoms with E-state index in [1.807, 2.05) is 24.3 Å². The van der Waals surface area contributed by atoms with Gasteiger partial charge in [0.05, 0.1) is 0 Å². The second-order valence-electron chi connectivity index (χ2n) is 7.30. The van der Waals surface area contributed by atoms with Gasteiger partial charge in [-0.2, -0.15) is 0 Å². The van der Waals surface area contributed by atoms with Crippen LogP contribution in [0.4, 0.5) is 0 Å². The van der Waals surface area contributed by atoms with E-state index in [0.717, 1.165) is 49.1 Å². The Hall–Kier alpha value is -2.59. The molecule has 0 saturated carbocycles. The van der Waals surface area contributed by atoms with Crippen LogP contribution in [-0.4, -0.2) is 35.6 Å². The molecule has 2 aromatic carbocycles. The fraction of sp³-hybridized carbons (Fsp3) is 0.348. The van der Waals surface area contributed by atoms with Gasteiger partial charge in [-0.15, -0.1) is 0 Å². The van der Waals surface area contributed by atoms with E-state index in [1.165, 1.54) is 17.5 Å². The van der Waals surface area contributed by atoms with E-state index < -0.39 is 0 Å². The Labute approximate surface area is 159 Å². The maximum absolute atomic E-state index is 11.4. The molecule has 0 radical (unpaired) electrons. The molecule has 4 heteroatoms. The van der Waals surface area contributed by atoms with Gasteiger partial charge in [0.15, 0.2) is 0 Å². The third-order valence-electron chi connectivity index (χ3n) is 5.34. The highest BCUT2D eigenvalue weighted by molar-refractivity contribution is 5.79. The first kappa shape index (κ1) is 17.8. The fourth-order valence-electron chi connectivity index (χ4n) is 3.82. The standard InChI is InChI=1S/C23H26N2O2/c1-2-17-6-3-4-7-18(17)8-5-13-25-15-21(16-25)27-20-10-11-22-19(14-20)9-12-23(26)24-22/h3-4,6-7,9-12,14,21H,2,5,8,13,15-16H2,1H3,(H,24,26). The molecule has 0 aliphatic carbocycles. The normalized spacial score (nSPS) is 15.0. The smallest absolute Gasteiger partial charge is 0.248 e. The van der Waals surface area contributed by atoms with Crippen molar-refractivity contribution in [1.82, 2.24) is 9.88 Å². The second kappa shape index (κ2) is 7.97. The van der Waals surface area contributed by atoms with Crippen LogP contribution in [0.25, 0.3) is 10.9 Å². The molecule has 1 N–H and O–H groups in total. The molecule has 4 rings (SSSR count). The van der Waals surface area contributed by atoms with E-state index in [2.05, 4.69) is 41.1 Å². The molecule has 1 saturated heterocycles. The zero-order chi connectivity index (χ0) is 18.6. The topological polar surface area (TPSA) is 45.3 Å². The SMILES string of the molecule is CCc1ccccc1CCCN1CC(Oc2ccc3[nH]c(=O)ccc3c2)C1. The lowest BCUT2D eigenvalue weighted by molar-refractivity contribution is 0.0196. The number of H-pyrrole nitrogens is 1. The van der Waals surface area contributed by atoms with E-state index in [1.54, 1.807) is 6.07 Å². The molecular formula is C23H26N2O2. The highest BCUT2D eigenvalue weighted by Crippen LogP contribution is 2.22. The van der Waals surface area contributed by atoms with Gasteiger partial charge in [-0.05, 0) is 61.2 Å². The van der Waals surface area contributed by atoms with E-state index in [9.17, 15) is 4.79 Å². The van der Waals surface area contributed by atoms with Gasteiger partial charge in [0.1, 0.15) is 11.9 Å². The Morgan fingerprint density at radius 3 is 2.70 bits per heavy atom. The summed E-state index contributed by atoms with van der Waals surface area (Å²) in [6.07, 6.45) is 3.70. The molecule has 140 valence electrons. The molecular weight excluding hydrogens is 336 g/mol. The first-order chi connectivity index (χ1) is 13.2. The van der Waals surface area contributed by atoms with Crippen LogP contribution in [0.15, 0.2) is 59.4 Å². The predicted octanol–water partition coefficient (Wildman–Crippen LogP) is 3.79. The lowest BCUT2D eigenvalue weighted by atomic mass is 10.0. The maximum Gasteiger partial charge on any atom is 0.248 e. The molecule has 0 unspecified atom stereocenters. The zero-order valence-corrected chi connectivity index (χ0v) is 15.8. The molecule has 0 spiro atoms. The number of hydrogen-bond acceptors (Lipinski definition) is 3. The van der Waals surface area contributed by atoms with Crippen molar-refractivity contribution >= 4 is 10.9 Å². The van der Waals surface area contributed by atoms with Crippen molar-refractivity contribution in [3.8, 4) is 5.75 Å². The minimum Gasteiger partial charge on any atom is -0.488 e. The fourth-order valence-corrected chi connectivity index (χ4v) is 3.82. The number of ether oxygens (including phenoxy) is 1. The van der Waals surface area contributed by atoms with Gasteiger partial charge in [-0.3, -0.25) is 9.69 Å². The molecule has 1 fully saturated rings. The van der Waals surface area contributed by atoms with Gasteiger partial charge in [0, 0.05) is 30.1 Å². The summed E-state index contributed by atoms with van der Waals surface area (Å²) in [6.45, 7) is 5.32. The lowest BCUT2D eigenvalue weighted by Gasteiger charge is -2.39. The summed E-state index contributed by atoms with van der Waals surface area (Å²) in [5.74, 6) is 0.871. The molecule has 2 heterocycles. The Balaban J connectivity index is 1.24. The van der Waals surface area contributed by atoms with E-state index in [-0.39, 0.29) is 11.7 Å². The van der Waals surface area contributed by atoms with E-state index in [0.29, 0.717) is 0 Å². The molecule has 1 aliphatic heterocycles. The molecule has 1 aliphatic rings. The number of hydrogen-bond donors (Lipinski definition) is 1. The summed E-state index contributed by atoms with van der Waals surface area (Å²) in [5, 5.41) is 0.998. The Bertz CT molecular complexity index is 973. The maximum atomic E-state index is 11.4. The number of rotatable bonds is 7. The summed E-state index contributed by atoms with van der Waals surface area (Å²) in [7, 11) is 0. The third kappa shape index (κ3) is 4.22. The number of likely N-dealkylation sites (tertiary alicyclic amines) is 1. The quantitative estimate of drug-likeness (QED) is 0.696. The second-order valence-corrected chi connectivity index (χ2v) is 7.30. The van der Waals surface area contributed by atoms with Crippen LogP contribution < -0.4 is 10.3 Å². The highest BCUT2D eigenvalue weighted by atomic mass is 16.5. The Morgan fingerprint density at radius 1 is 1.07 bits per heavy atom. The monoisotopic (exact) mass is 362 g/mol. The molecule has 4 nitrogen and oxygen atoms in total. The minimum absolute atomic E-state index is 0.0765. The first-order valence-corrected chi connectivity index (χ1v) is 9.80. The summed E-state index contributed by atoms with van der Waals surface area (Å²) < 4.78 is 6.09. The van der Waals surface area contributed by atoms with Gasteiger partial charge < -0.3 is 9.72 Å². The number of aryl methyl sites for hydroxylation is 2. The van der Waals surface area contributed by atoms with E-state index in [4.69, 9.17) is 4.74 Å². The van der Waals surface area contributed by atoms with Crippen molar-refractivity contribution in [2.45, 2.75) is 32.3 Å². The predicted molar refractivity (Wildman–Crippen MR) is 110 cm³/mol. The van der Waals surface area contributed by atoms with Gasteiger partial charge >= 0.3 is 0 Å². The van der Waals surface area contributed by atoms with Crippen LogP contribution in [-0.2, 0) is 12.8 Å². The zero-order valence-electron chi connectivity index (χ0n) is 15.8. The number of aromatic amines is 1. The van der Waals surface area contributed by atoms with Crippen LogP contribution in [0.2, 0.25) is 0 Å². The number of fused-ring (bicyclic) bond motifs is 1. The van der Waals surface area contributed by atoms with Crippen molar-refractivity contribution in [3.63, 3.8) is 0 Å². The minimum atomic E-state index is -0.0765. The van der Waals surface area contributed by atoms with Crippen LogP contribution in [0.3, 0.4) is 0 Å². The number of pyridine rings is 1. The van der Waals surface area contributed by atoms with Crippen molar-refractivity contribution in [2.75, 3.05) is 19.6 Å². The van der Waals surface area contributed by atoms with Gasteiger partial charge in [0.2, 0.25) is 5.56 Å². The molecule has 3 aromatic rings. The number of benzene rings is 2. The molecule has 1 aromatic heterocycles. The Kier molecular flexibility index (Phi) is 5.26. The van der Waals surface area contributed by atoms with Gasteiger partial charge in [0.25, 0.3) is 0 Å². The van der Waals surface area contributed by atoms with Crippen molar-refractivity contribution in [3.05, 3.63) is 76.1 Å². The van der Waals surface area contributed by atoms with Crippen molar-refractivity contribution in [1.29, 1.82) is 0 Å². The number of nitrogens with zero attached hydrogens (tertiary/aromatic N) is 1. The van der Waals surface area contributed by atoms with Crippen LogP contribution in [0.1, 0.15) is 24.5 Å². The van der Waals surface area contributed by atoms with Crippen molar-refractivity contribution < 1.29 is 4.74 Å². The highest BCUT2D eigenvalue weighted by Gasteiger charge is 2.27. The van der Waals surface area contributed by atoms with Crippen molar-refractivity contribution in [2.24, 2.45) is 0 Å². The van der Waals surface area contributed by atoms with Gasteiger partial charge in [-0.25, -0.2) is 0 Å².